The third-order valence-electron chi connectivity index (χ3n) is 12.2. The number of hydrogen-bond acceptors (Lipinski definition) is 3. The minimum atomic E-state index is 0.112. The van der Waals surface area contributed by atoms with E-state index in [1.165, 1.54) is 107 Å². The van der Waals surface area contributed by atoms with Crippen molar-refractivity contribution in [2.24, 2.45) is 11.8 Å². The van der Waals surface area contributed by atoms with Gasteiger partial charge in [0.15, 0.2) is 0 Å². The Morgan fingerprint density at radius 3 is 1.80 bits per heavy atom. The topological polar surface area (TPSA) is 18.5 Å². The van der Waals surface area contributed by atoms with Crippen LogP contribution in [0.1, 0.15) is 107 Å². The van der Waals surface area contributed by atoms with Crippen LogP contribution in [0.15, 0.2) is 109 Å². The molecule has 3 unspecified atom stereocenters. The van der Waals surface area contributed by atoms with Crippen LogP contribution in [-0.2, 0) is 0 Å². The van der Waals surface area contributed by atoms with Gasteiger partial charge in [0.1, 0.15) is 0 Å². The highest BCUT2D eigenvalue weighted by Crippen LogP contribution is 2.41. The van der Waals surface area contributed by atoms with E-state index in [1.54, 1.807) is 0 Å². The number of aryl methyl sites for hydroxylation is 1. The molecule has 266 valence electrons. The van der Waals surface area contributed by atoms with Gasteiger partial charge in [-0.25, -0.2) is 0 Å². The van der Waals surface area contributed by atoms with Gasteiger partial charge in [-0.3, -0.25) is 0 Å². The van der Waals surface area contributed by atoms with Crippen LogP contribution in [0.5, 0.6) is 0 Å². The van der Waals surface area contributed by atoms with Crippen molar-refractivity contribution in [1.82, 2.24) is 0 Å². The Morgan fingerprint density at radius 2 is 1.20 bits per heavy atom. The summed E-state index contributed by atoms with van der Waals surface area (Å²) >= 11 is 0. The first kappa shape index (κ1) is 35.2. The number of nitrogens with one attached hydrogen (secondary N) is 1. The lowest BCUT2D eigenvalue weighted by Crippen LogP contribution is -2.37. The van der Waals surface area contributed by atoms with Gasteiger partial charge in [-0.05, 0) is 136 Å². The second-order valence-electron chi connectivity index (χ2n) is 15.7. The van der Waals surface area contributed by atoms with Crippen molar-refractivity contribution in [2.75, 3.05) is 28.2 Å². The molecule has 0 heterocycles. The molecule has 3 atom stereocenters. The Kier molecular flexibility index (Phi) is 11.0. The van der Waals surface area contributed by atoms with Gasteiger partial charge in [0, 0.05) is 59.2 Å². The molecule has 2 aliphatic rings. The average Bonchev–Trinajstić information content (AvgIpc) is 3.16. The van der Waals surface area contributed by atoms with Gasteiger partial charge < -0.3 is 15.1 Å². The molecule has 0 bridgehead atoms. The fraction of sp³-hybridized carbons (Fsp3) is 0.417. The standard InChI is InChI=1S/C48H59N3/c1-6-50(39-24-16-34(3)17-25-39)41-28-20-37(21-29-41)48(38-22-30-42(31-23-38)51(7-2)40-26-18-35(4)19-27-40)45-32-33-47(44-14-10-9-13-43(44)45)49-46-15-11-8-12-36(46)5/h9-10,13-14,16-17,20-25,28-33,35-36,40,46,48-49H,6-8,11-12,15,18-19,26-27H2,1-5H3. The van der Waals surface area contributed by atoms with Gasteiger partial charge in [-0.15, -0.1) is 0 Å². The highest BCUT2D eigenvalue weighted by Gasteiger charge is 2.26. The number of anilines is 4. The number of hydrogen-bond donors (Lipinski definition) is 1. The molecule has 1 N–H and O–H groups in total. The molecule has 0 aliphatic heterocycles. The molecular formula is C48H59N3. The van der Waals surface area contributed by atoms with E-state index < -0.39 is 0 Å². The first-order chi connectivity index (χ1) is 24.9. The number of fused-ring (bicyclic) bond motifs is 1. The van der Waals surface area contributed by atoms with Crippen LogP contribution in [0.4, 0.5) is 22.7 Å². The third kappa shape index (κ3) is 7.69. The van der Waals surface area contributed by atoms with Gasteiger partial charge in [-0.1, -0.05) is 99.0 Å². The molecule has 5 aromatic rings. The maximum atomic E-state index is 4.01. The van der Waals surface area contributed by atoms with Gasteiger partial charge in [-0.2, -0.15) is 0 Å². The molecule has 0 radical (unpaired) electrons. The van der Waals surface area contributed by atoms with Gasteiger partial charge in [0.2, 0.25) is 0 Å². The minimum absolute atomic E-state index is 0.112. The monoisotopic (exact) mass is 677 g/mol. The first-order valence-electron chi connectivity index (χ1n) is 20.0. The van der Waals surface area contributed by atoms with E-state index in [0.29, 0.717) is 18.0 Å². The molecule has 2 fully saturated rings. The number of rotatable bonds is 11. The Labute approximate surface area is 308 Å². The van der Waals surface area contributed by atoms with E-state index in [-0.39, 0.29) is 5.92 Å². The largest absolute Gasteiger partial charge is 0.382 e. The summed E-state index contributed by atoms with van der Waals surface area (Å²) < 4.78 is 0. The normalized spacial score (nSPS) is 21.3. The van der Waals surface area contributed by atoms with Gasteiger partial charge in [0.25, 0.3) is 0 Å². The van der Waals surface area contributed by atoms with Gasteiger partial charge in [0.05, 0.1) is 0 Å². The fourth-order valence-corrected chi connectivity index (χ4v) is 9.13. The summed E-state index contributed by atoms with van der Waals surface area (Å²) in [4.78, 5) is 5.06. The summed E-state index contributed by atoms with van der Waals surface area (Å²) in [6, 6.07) is 43.0. The summed E-state index contributed by atoms with van der Waals surface area (Å²) in [7, 11) is 0. The van der Waals surface area contributed by atoms with Gasteiger partial charge >= 0.3 is 0 Å². The zero-order valence-electron chi connectivity index (χ0n) is 31.7. The molecule has 0 saturated heterocycles. The van der Waals surface area contributed by atoms with Crippen molar-refractivity contribution in [3.8, 4) is 0 Å². The van der Waals surface area contributed by atoms with Crippen LogP contribution in [0.2, 0.25) is 0 Å². The predicted molar refractivity (Wildman–Crippen MR) is 221 cm³/mol. The van der Waals surface area contributed by atoms with Crippen LogP contribution in [0, 0.1) is 18.8 Å². The van der Waals surface area contributed by atoms with Crippen LogP contribution in [0.25, 0.3) is 10.8 Å². The average molecular weight is 678 g/mol. The molecule has 7 rings (SSSR count). The molecule has 0 spiro atoms. The number of benzene rings is 5. The highest BCUT2D eigenvalue weighted by atomic mass is 15.2. The van der Waals surface area contributed by atoms with Crippen molar-refractivity contribution < 1.29 is 0 Å². The zero-order valence-corrected chi connectivity index (χ0v) is 31.7. The molecule has 3 heteroatoms. The summed E-state index contributed by atoms with van der Waals surface area (Å²) in [6.45, 7) is 13.5. The van der Waals surface area contributed by atoms with Crippen molar-refractivity contribution in [1.29, 1.82) is 0 Å². The quantitative estimate of drug-likeness (QED) is 0.140. The lowest BCUT2D eigenvalue weighted by Gasteiger charge is -2.37. The van der Waals surface area contributed by atoms with Crippen LogP contribution in [0.3, 0.4) is 0 Å². The van der Waals surface area contributed by atoms with Crippen molar-refractivity contribution >= 4 is 33.5 Å². The molecule has 5 aromatic carbocycles. The second kappa shape index (κ2) is 16.0. The third-order valence-corrected chi connectivity index (χ3v) is 12.2. The lowest BCUT2D eigenvalue weighted by atomic mass is 9.82. The maximum Gasteiger partial charge on any atom is 0.0422 e. The van der Waals surface area contributed by atoms with Crippen molar-refractivity contribution in [3.05, 3.63) is 131 Å². The fourth-order valence-electron chi connectivity index (χ4n) is 9.13. The van der Waals surface area contributed by atoms with E-state index in [0.717, 1.165) is 19.0 Å². The Hall–Kier alpha value is -4.24. The molecule has 0 amide bonds. The van der Waals surface area contributed by atoms with E-state index in [2.05, 4.69) is 159 Å². The highest BCUT2D eigenvalue weighted by molar-refractivity contribution is 5.97. The molecule has 51 heavy (non-hydrogen) atoms. The van der Waals surface area contributed by atoms with E-state index >= 15 is 0 Å². The lowest BCUT2D eigenvalue weighted by molar-refractivity contribution is 0.335. The van der Waals surface area contributed by atoms with E-state index in [9.17, 15) is 0 Å². The van der Waals surface area contributed by atoms with E-state index in [1.807, 2.05) is 0 Å². The molecule has 0 aromatic heterocycles. The summed E-state index contributed by atoms with van der Waals surface area (Å²) in [5.41, 5.74) is 10.4. The summed E-state index contributed by atoms with van der Waals surface area (Å²) in [5.74, 6) is 1.67. The molecule has 3 nitrogen and oxygen atoms in total. The minimum Gasteiger partial charge on any atom is -0.382 e. The smallest absolute Gasteiger partial charge is 0.0422 e. The number of nitrogens with zero attached hydrogens (tertiary/aromatic N) is 2. The molecule has 2 saturated carbocycles. The Balaban J connectivity index is 1.27. The molecular weight excluding hydrogens is 619 g/mol. The van der Waals surface area contributed by atoms with Crippen molar-refractivity contribution in [3.63, 3.8) is 0 Å². The molecule has 2 aliphatic carbocycles. The Morgan fingerprint density at radius 1 is 0.608 bits per heavy atom. The summed E-state index contributed by atoms with van der Waals surface area (Å²) in [6.07, 6.45) is 10.5. The second-order valence-corrected chi connectivity index (χ2v) is 15.7. The first-order valence-corrected chi connectivity index (χ1v) is 20.0. The predicted octanol–water partition coefficient (Wildman–Crippen LogP) is 12.9. The Bertz CT molecular complexity index is 1850. The van der Waals surface area contributed by atoms with E-state index in [4.69, 9.17) is 0 Å². The zero-order chi connectivity index (χ0) is 35.3. The SMILES string of the molecule is CCN(c1ccc(C)cc1)c1ccc(C(c2ccc(N(CC)C3CCC(C)CC3)cc2)c2ccc(NC3CCCCC3C)c3ccccc23)cc1. The van der Waals surface area contributed by atoms with Crippen LogP contribution >= 0.6 is 0 Å². The maximum absolute atomic E-state index is 4.01. The summed E-state index contributed by atoms with van der Waals surface area (Å²) in [5, 5.41) is 6.68. The van der Waals surface area contributed by atoms with Crippen LogP contribution < -0.4 is 15.1 Å². The van der Waals surface area contributed by atoms with Crippen molar-refractivity contribution in [2.45, 2.75) is 104 Å². The van der Waals surface area contributed by atoms with Crippen LogP contribution in [-0.4, -0.2) is 25.2 Å².